The van der Waals surface area contributed by atoms with Gasteiger partial charge in [-0.25, -0.2) is 9.78 Å². The van der Waals surface area contributed by atoms with Crippen LogP contribution in [-0.2, 0) is 24.7 Å². The first kappa shape index (κ1) is 22.7. The zero-order chi connectivity index (χ0) is 24.1. The summed E-state index contributed by atoms with van der Waals surface area (Å²) in [6.45, 7) is 0.471. The number of amides is 2. The number of carbonyl (C=O) groups is 2. The van der Waals surface area contributed by atoms with E-state index >= 15 is 0 Å². The fourth-order valence-electron chi connectivity index (χ4n) is 3.57. The van der Waals surface area contributed by atoms with Crippen LogP contribution in [0.3, 0.4) is 0 Å². The van der Waals surface area contributed by atoms with Crippen LogP contribution in [0.25, 0.3) is 11.2 Å². The van der Waals surface area contributed by atoms with Crippen molar-refractivity contribution >= 4 is 28.7 Å². The number of hydrogen-bond acceptors (Lipinski definition) is 5. The summed E-state index contributed by atoms with van der Waals surface area (Å²) < 4.78 is 1.23. The second kappa shape index (κ2) is 9.99. The normalized spacial score (nSPS) is 10.9. The highest BCUT2D eigenvalue weighted by molar-refractivity contribution is 6.03. The third-order valence-corrected chi connectivity index (χ3v) is 5.38. The van der Waals surface area contributed by atoms with Gasteiger partial charge in [-0.15, -0.1) is 0 Å². The van der Waals surface area contributed by atoms with Crippen LogP contribution in [0.1, 0.15) is 28.2 Å². The summed E-state index contributed by atoms with van der Waals surface area (Å²) in [6.07, 6.45) is 0.988. The van der Waals surface area contributed by atoms with E-state index in [4.69, 9.17) is 0 Å². The summed E-state index contributed by atoms with van der Waals surface area (Å²) >= 11 is 0. The molecule has 174 valence electrons. The van der Waals surface area contributed by atoms with E-state index in [0.29, 0.717) is 30.0 Å². The Morgan fingerprint density at radius 2 is 1.71 bits per heavy atom. The lowest BCUT2D eigenvalue weighted by Gasteiger charge is -2.11. The topological polar surface area (TPSA) is 142 Å². The molecule has 0 aliphatic heterocycles. The predicted octanol–water partition coefficient (Wildman–Crippen LogP) is 1.49. The number of aromatic amines is 2. The number of carbonyl (C=O) groups excluding carboxylic acids is 2. The average Bonchev–Trinajstić information content (AvgIpc) is 3.27. The lowest BCUT2D eigenvalue weighted by atomic mass is 10.1. The third-order valence-electron chi connectivity index (χ3n) is 5.38. The molecule has 0 spiro atoms. The van der Waals surface area contributed by atoms with Gasteiger partial charge in [-0.3, -0.25) is 23.9 Å². The molecule has 4 aromatic rings. The molecule has 0 radical (unpaired) electrons. The highest BCUT2D eigenvalue weighted by Gasteiger charge is 2.15. The summed E-state index contributed by atoms with van der Waals surface area (Å²) in [5.74, 6) is -0.180. The molecule has 0 unspecified atom stereocenters. The zero-order valence-corrected chi connectivity index (χ0v) is 18.6. The predicted molar refractivity (Wildman–Crippen MR) is 128 cm³/mol. The van der Waals surface area contributed by atoms with Crippen molar-refractivity contribution in [1.29, 1.82) is 0 Å². The van der Waals surface area contributed by atoms with Crippen molar-refractivity contribution < 1.29 is 9.59 Å². The van der Waals surface area contributed by atoms with Crippen molar-refractivity contribution in [3.05, 3.63) is 92.4 Å². The minimum Gasteiger partial charge on any atom is -0.352 e. The average molecular weight is 460 g/mol. The third kappa shape index (κ3) is 5.12. The van der Waals surface area contributed by atoms with Crippen LogP contribution >= 0.6 is 0 Å². The highest BCUT2D eigenvalue weighted by atomic mass is 16.2. The fraction of sp³-hybridized carbons (Fsp3) is 0.208. The van der Waals surface area contributed by atoms with E-state index in [1.807, 2.05) is 30.3 Å². The SMILES string of the molecule is Cn1c(=O)[nH]c(=O)c2[nH]c(CCC(=O)Nc3ccccc3C(=O)NCCc3ccccc3)nc21. The summed E-state index contributed by atoms with van der Waals surface area (Å²) in [5.41, 5.74) is 1.18. The smallest absolute Gasteiger partial charge is 0.329 e. The number of imidazole rings is 1. The van der Waals surface area contributed by atoms with Crippen molar-refractivity contribution in [2.75, 3.05) is 11.9 Å². The number of anilines is 1. The number of rotatable bonds is 8. The Morgan fingerprint density at radius 3 is 2.50 bits per heavy atom. The van der Waals surface area contributed by atoms with E-state index in [1.54, 1.807) is 24.3 Å². The molecule has 4 rings (SSSR count). The van der Waals surface area contributed by atoms with E-state index in [0.717, 1.165) is 5.56 Å². The molecule has 0 atom stereocenters. The molecule has 10 nitrogen and oxygen atoms in total. The summed E-state index contributed by atoms with van der Waals surface area (Å²) in [6, 6.07) is 16.6. The maximum absolute atomic E-state index is 12.7. The Morgan fingerprint density at radius 1 is 0.971 bits per heavy atom. The Bertz CT molecular complexity index is 1450. The van der Waals surface area contributed by atoms with Crippen LogP contribution in [0.5, 0.6) is 0 Å². The van der Waals surface area contributed by atoms with Crippen molar-refractivity contribution in [2.24, 2.45) is 7.05 Å². The van der Waals surface area contributed by atoms with Crippen LogP contribution in [0.2, 0.25) is 0 Å². The van der Waals surface area contributed by atoms with Gasteiger partial charge >= 0.3 is 5.69 Å². The van der Waals surface area contributed by atoms with Crippen molar-refractivity contribution in [3.63, 3.8) is 0 Å². The van der Waals surface area contributed by atoms with Gasteiger partial charge in [0.05, 0.1) is 11.3 Å². The van der Waals surface area contributed by atoms with Crippen molar-refractivity contribution in [3.8, 4) is 0 Å². The molecule has 0 saturated carbocycles. The van der Waals surface area contributed by atoms with Gasteiger partial charge in [0, 0.05) is 26.4 Å². The minimum atomic E-state index is -0.563. The molecular weight excluding hydrogens is 436 g/mol. The van der Waals surface area contributed by atoms with Crippen LogP contribution in [0.15, 0.2) is 64.2 Å². The lowest BCUT2D eigenvalue weighted by Crippen LogP contribution is -2.28. The first-order chi connectivity index (χ1) is 16.4. The number of nitrogens with one attached hydrogen (secondary N) is 4. The van der Waals surface area contributed by atoms with E-state index < -0.39 is 11.2 Å². The van der Waals surface area contributed by atoms with Crippen LogP contribution < -0.4 is 21.9 Å². The molecule has 0 aliphatic rings. The maximum atomic E-state index is 12.7. The van der Waals surface area contributed by atoms with Gasteiger partial charge in [0.15, 0.2) is 5.65 Å². The molecule has 2 aromatic heterocycles. The van der Waals surface area contributed by atoms with E-state index in [2.05, 4.69) is 25.6 Å². The molecule has 2 aromatic carbocycles. The summed E-state index contributed by atoms with van der Waals surface area (Å²) in [5, 5.41) is 5.65. The first-order valence-electron chi connectivity index (χ1n) is 10.8. The number of aryl methyl sites for hydroxylation is 2. The van der Waals surface area contributed by atoms with Gasteiger partial charge < -0.3 is 15.6 Å². The van der Waals surface area contributed by atoms with Crippen LogP contribution in [-0.4, -0.2) is 37.9 Å². The molecular formula is C24H24N6O4. The molecule has 2 heterocycles. The van der Waals surface area contributed by atoms with Gasteiger partial charge in [0.1, 0.15) is 11.3 Å². The fourth-order valence-corrected chi connectivity index (χ4v) is 3.57. The monoisotopic (exact) mass is 460 g/mol. The maximum Gasteiger partial charge on any atom is 0.329 e. The molecule has 4 N–H and O–H groups in total. The molecule has 0 fully saturated rings. The second-order valence-electron chi connectivity index (χ2n) is 7.79. The number of nitrogens with zero attached hydrogens (tertiary/aromatic N) is 2. The molecule has 10 heteroatoms. The van der Waals surface area contributed by atoms with Gasteiger partial charge in [-0.05, 0) is 24.1 Å². The standard InChI is InChI=1S/C24H24N6O4/c1-30-21-20(23(33)29-24(30)34)27-18(28-21)11-12-19(31)26-17-10-6-5-9-16(17)22(32)25-14-13-15-7-3-2-4-8-15/h2-10H,11-14H2,1H3,(H,25,32)(H,26,31)(H,27,28)(H,29,33,34). The Labute approximate surface area is 194 Å². The molecule has 34 heavy (non-hydrogen) atoms. The number of aromatic nitrogens is 4. The number of H-pyrrole nitrogens is 2. The van der Waals surface area contributed by atoms with Crippen molar-refractivity contribution in [2.45, 2.75) is 19.3 Å². The second-order valence-corrected chi connectivity index (χ2v) is 7.79. The van der Waals surface area contributed by atoms with Crippen LogP contribution in [0.4, 0.5) is 5.69 Å². The van der Waals surface area contributed by atoms with Crippen LogP contribution in [0, 0.1) is 0 Å². The number of benzene rings is 2. The van der Waals surface area contributed by atoms with Gasteiger partial charge in [-0.1, -0.05) is 42.5 Å². The van der Waals surface area contributed by atoms with Gasteiger partial charge in [0.25, 0.3) is 11.5 Å². The number of para-hydroxylation sites is 1. The Hall–Kier alpha value is -4.47. The molecule has 0 saturated heterocycles. The Balaban J connectivity index is 1.37. The zero-order valence-electron chi connectivity index (χ0n) is 18.6. The van der Waals surface area contributed by atoms with Gasteiger partial charge in [-0.2, -0.15) is 0 Å². The van der Waals surface area contributed by atoms with Crippen molar-refractivity contribution in [1.82, 2.24) is 24.8 Å². The summed E-state index contributed by atoms with van der Waals surface area (Å²) in [7, 11) is 1.50. The molecule has 0 aliphatic carbocycles. The minimum absolute atomic E-state index is 0.0651. The first-order valence-corrected chi connectivity index (χ1v) is 10.8. The summed E-state index contributed by atoms with van der Waals surface area (Å²) in [4.78, 5) is 58.2. The number of fused-ring (bicyclic) bond motifs is 1. The molecule has 2 amide bonds. The van der Waals surface area contributed by atoms with Gasteiger partial charge in [0.2, 0.25) is 5.91 Å². The van der Waals surface area contributed by atoms with E-state index in [1.165, 1.54) is 11.6 Å². The highest BCUT2D eigenvalue weighted by Crippen LogP contribution is 2.16. The van der Waals surface area contributed by atoms with E-state index in [-0.39, 0.29) is 35.8 Å². The molecule has 0 bridgehead atoms. The van der Waals surface area contributed by atoms with E-state index in [9.17, 15) is 19.2 Å². The quantitative estimate of drug-likeness (QED) is 0.315. The lowest BCUT2D eigenvalue weighted by molar-refractivity contribution is -0.116. The number of hydrogen-bond donors (Lipinski definition) is 4. The Kier molecular flexibility index (Phi) is 6.67. The largest absolute Gasteiger partial charge is 0.352 e.